The summed E-state index contributed by atoms with van der Waals surface area (Å²) in [6, 6.07) is 8.65. The second-order valence-electron chi connectivity index (χ2n) is 6.05. The van der Waals surface area contributed by atoms with Crippen LogP contribution in [0.25, 0.3) is 10.9 Å². The van der Waals surface area contributed by atoms with Crippen molar-refractivity contribution in [3.8, 4) is 11.5 Å². The number of ether oxygens (including phenoxy) is 2. The fraction of sp³-hybridized carbons (Fsp3) is 0.300. The molecule has 6 heteroatoms. The molecule has 0 aliphatic carbocycles. The Morgan fingerprint density at radius 1 is 1.12 bits per heavy atom. The van der Waals surface area contributed by atoms with E-state index >= 15 is 0 Å². The fourth-order valence-electron chi connectivity index (χ4n) is 2.61. The van der Waals surface area contributed by atoms with E-state index in [0.29, 0.717) is 35.1 Å². The number of anilines is 2. The fourth-order valence-corrected chi connectivity index (χ4v) is 2.61. The van der Waals surface area contributed by atoms with Crippen molar-refractivity contribution in [3.63, 3.8) is 0 Å². The zero-order valence-corrected chi connectivity index (χ0v) is 15.2. The van der Waals surface area contributed by atoms with Gasteiger partial charge >= 0.3 is 0 Å². The van der Waals surface area contributed by atoms with Crippen LogP contribution in [0, 0.1) is 12.7 Å². The van der Waals surface area contributed by atoms with Crippen molar-refractivity contribution in [1.82, 2.24) is 9.97 Å². The third kappa shape index (κ3) is 3.85. The van der Waals surface area contributed by atoms with Gasteiger partial charge in [0, 0.05) is 11.5 Å². The number of aryl methyl sites for hydroxylation is 1. The highest BCUT2D eigenvalue weighted by Gasteiger charge is 2.13. The van der Waals surface area contributed by atoms with Gasteiger partial charge in [-0.1, -0.05) is 19.4 Å². The lowest BCUT2D eigenvalue weighted by atomic mass is 10.2. The van der Waals surface area contributed by atoms with Gasteiger partial charge in [0.05, 0.1) is 24.9 Å². The molecule has 2 aromatic carbocycles. The number of nitrogens with zero attached hydrogens (tertiary/aromatic N) is 2. The molecule has 136 valence electrons. The number of aromatic nitrogens is 2. The standard InChI is InChI=1S/C20H22FN3O2/c1-4-5-8-26-19-11-17-14(10-18(19)25-3)20(23-12-22-17)24-16-7-6-13(2)9-15(16)21/h6-7,9-12H,4-5,8H2,1-3H3,(H,22,23,24). The first-order valence-corrected chi connectivity index (χ1v) is 8.61. The Bertz CT molecular complexity index is 915. The van der Waals surface area contributed by atoms with Gasteiger partial charge in [0.25, 0.3) is 0 Å². The first-order valence-electron chi connectivity index (χ1n) is 8.61. The van der Waals surface area contributed by atoms with Gasteiger partial charge in [0.1, 0.15) is 18.0 Å². The summed E-state index contributed by atoms with van der Waals surface area (Å²) in [6.07, 6.45) is 3.46. The molecule has 0 radical (unpaired) electrons. The van der Waals surface area contributed by atoms with Crippen LogP contribution in [-0.4, -0.2) is 23.7 Å². The van der Waals surface area contributed by atoms with Crippen LogP contribution in [0.15, 0.2) is 36.7 Å². The molecule has 3 aromatic rings. The van der Waals surface area contributed by atoms with Gasteiger partial charge in [-0.25, -0.2) is 14.4 Å². The van der Waals surface area contributed by atoms with E-state index in [1.807, 2.05) is 25.1 Å². The van der Waals surface area contributed by atoms with E-state index in [9.17, 15) is 4.39 Å². The smallest absolute Gasteiger partial charge is 0.163 e. The van der Waals surface area contributed by atoms with Gasteiger partial charge in [0.15, 0.2) is 11.5 Å². The van der Waals surface area contributed by atoms with Gasteiger partial charge in [-0.2, -0.15) is 0 Å². The molecular weight excluding hydrogens is 333 g/mol. The highest BCUT2D eigenvalue weighted by Crippen LogP contribution is 2.35. The van der Waals surface area contributed by atoms with Crippen LogP contribution in [0.1, 0.15) is 25.3 Å². The molecule has 3 rings (SSSR count). The summed E-state index contributed by atoms with van der Waals surface area (Å²) in [5.41, 5.74) is 1.91. The molecule has 0 aliphatic heterocycles. The molecule has 5 nitrogen and oxygen atoms in total. The minimum Gasteiger partial charge on any atom is -0.493 e. The van der Waals surface area contributed by atoms with Crippen LogP contribution in [0.4, 0.5) is 15.9 Å². The van der Waals surface area contributed by atoms with Gasteiger partial charge in [-0.3, -0.25) is 0 Å². The van der Waals surface area contributed by atoms with Gasteiger partial charge in [-0.15, -0.1) is 0 Å². The van der Waals surface area contributed by atoms with Crippen LogP contribution < -0.4 is 14.8 Å². The van der Waals surface area contributed by atoms with Crippen LogP contribution in [-0.2, 0) is 0 Å². The van der Waals surface area contributed by atoms with E-state index in [1.54, 1.807) is 13.2 Å². The maximum atomic E-state index is 14.2. The number of methoxy groups -OCH3 is 1. The Hall–Kier alpha value is -2.89. The van der Waals surface area contributed by atoms with E-state index in [-0.39, 0.29) is 5.82 Å². The number of benzene rings is 2. The number of hydrogen-bond donors (Lipinski definition) is 1. The number of nitrogens with one attached hydrogen (secondary N) is 1. The maximum absolute atomic E-state index is 14.2. The Morgan fingerprint density at radius 3 is 2.69 bits per heavy atom. The molecule has 0 saturated heterocycles. The number of unbranched alkanes of at least 4 members (excludes halogenated alkanes) is 1. The molecule has 0 atom stereocenters. The molecule has 1 aromatic heterocycles. The Morgan fingerprint density at radius 2 is 1.96 bits per heavy atom. The van der Waals surface area contributed by atoms with Crippen molar-refractivity contribution in [1.29, 1.82) is 0 Å². The zero-order valence-electron chi connectivity index (χ0n) is 15.2. The van der Waals surface area contributed by atoms with E-state index in [4.69, 9.17) is 9.47 Å². The van der Waals surface area contributed by atoms with Gasteiger partial charge in [0.2, 0.25) is 0 Å². The number of fused-ring (bicyclic) bond motifs is 1. The summed E-state index contributed by atoms with van der Waals surface area (Å²) in [5.74, 6) is 1.41. The quantitative estimate of drug-likeness (QED) is 0.604. The first kappa shape index (κ1) is 17.9. The molecule has 26 heavy (non-hydrogen) atoms. The number of halogens is 1. The summed E-state index contributed by atoms with van der Waals surface area (Å²) >= 11 is 0. The third-order valence-electron chi connectivity index (χ3n) is 4.05. The van der Waals surface area contributed by atoms with Crippen LogP contribution in [0.5, 0.6) is 11.5 Å². The second-order valence-corrected chi connectivity index (χ2v) is 6.05. The van der Waals surface area contributed by atoms with Crippen molar-refractivity contribution in [2.45, 2.75) is 26.7 Å². The van der Waals surface area contributed by atoms with E-state index in [1.165, 1.54) is 12.4 Å². The van der Waals surface area contributed by atoms with Crippen molar-refractivity contribution in [3.05, 3.63) is 48.0 Å². The Balaban J connectivity index is 1.98. The monoisotopic (exact) mass is 355 g/mol. The number of hydrogen-bond acceptors (Lipinski definition) is 5. The lowest BCUT2D eigenvalue weighted by Gasteiger charge is -2.14. The average molecular weight is 355 g/mol. The topological polar surface area (TPSA) is 56.3 Å². The van der Waals surface area contributed by atoms with Crippen LogP contribution >= 0.6 is 0 Å². The van der Waals surface area contributed by atoms with Crippen molar-refractivity contribution in [2.75, 3.05) is 19.0 Å². The molecule has 0 saturated carbocycles. The molecule has 1 N–H and O–H groups in total. The second kappa shape index (κ2) is 7.99. The summed E-state index contributed by atoms with van der Waals surface area (Å²) in [4.78, 5) is 8.56. The molecule has 0 spiro atoms. The predicted molar refractivity (Wildman–Crippen MR) is 101 cm³/mol. The molecular formula is C20H22FN3O2. The average Bonchev–Trinajstić information content (AvgIpc) is 2.64. The number of rotatable bonds is 7. The molecule has 0 unspecified atom stereocenters. The molecule has 0 bridgehead atoms. The van der Waals surface area contributed by atoms with E-state index in [0.717, 1.165) is 23.8 Å². The van der Waals surface area contributed by atoms with Crippen molar-refractivity contribution < 1.29 is 13.9 Å². The highest BCUT2D eigenvalue weighted by atomic mass is 19.1. The summed E-state index contributed by atoms with van der Waals surface area (Å²) in [5, 5.41) is 3.77. The predicted octanol–water partition coefficient (Wildman–Crippen LogP) is 5.01. The van der Waals surface area contributed by atoms with Crippen LogP contribution in [0.3, 0.4) is 0 Å². The third-order valence-corrected chi connectivity index (χ3v) is 4.05. The lowest BCUT2D eigenvalue weighted by molar-refractivity contribution is 0.289. The minimum atomic E-state index is -0.330. The van der Waals surface area contributed by atoms with Gasteiger partial charge in [-0.05, 0) is 37.1 Å². The van der Waals surface area contributed by atoms with Crippen molar-refractivity contribution >= 4 is 22.4 Å². The first-order chi connectivity index (χ1) is 12.6. The molecule has 0 aliphatic rings. The van der Waals surface area contributed by atoms with E-state index in [2.05, 4.69) is 22.2 Å². The SMILES string of the molecule is CCCCOc1cc2ncnc(Nc3ccc(C)cc3F)c2cc1OC. The van der Waals surface area contributed by atoms with Gasteiger partial charge < -0.3 is 14.8 Å². The van der Waals surface area contributed by atoms with Crippen molar-refractivity contribution in [2.24, 2.45) is 0 Å². The normalized spacial score (nSPS) is 10.8. The lowest BCUT2D eigenvalue weighted by Crippen LogP contribution is -2.01. The van der Waals surface area contributed by atoms with Crippen LogP contribution in [0.2, 0.25) is 0 Å². The summed E-state index contributed by atoms with van der Waals surface area (Å²) < 4.78 is 25.4. The molecule has 0 fully saturated rings. The van der Waals surface area contributed by atoms with E-state index < -0.39 is 0 Å². The zero-order chi connectivity index (χ0) is 18.5. The maximum Gasteiger partial charge on any atom is 0.163 e. The highest BCUT2D eigenvalue weighted by molar-refractivity contribution is 5.93. The molecule has 1 heterocycles. The minimum absolute atomic E-state index is 0.330. The Kier molecular flexibility index (Phi) is 5.51. The molecule has 0 amide bonds. The summed E-state index contributed by atoms with van der Waals surface area (Å²) in [6.45, 7) is 4.57. The summed E-state index contributed by atoms with van der Waals surface area (Å²) in [7, 11) is 1.59. The Labute approximate surface area is 152 Å². The largest absolute Gasteiger partial charge is 0.493 e.